The van der Waals surface area contributed by atoms with Crippen molar-refractivity contribution in [2.24, 2.45) is 7.05 Å². The highest BCUT2D eigenvalue weighted by molar-refractivity contribution is 6.34. The van der Waals surface area contributed by atoms with Gasteiger partial charge >= 0.3 is 0 Å². The number of anilines is 1. The Bertz CT molecular complexity index is 902. The molecule has 1 N–H and O–H groups in total. The number of aryl methyl sites for hydroxylation is 2. The standard InChI is InChI=1S/C16H15ClFN5O/c1-10-14(17)15(22(2)21-10)16(24)20-12-7-19-23(9-12)8-11-5-3-4-6-13(11)18/h3-7,9H,8H2,1-2H3,(H,20,24). The van der Waals surface area contributed by atoms with Gasteiger partial charge in [0.15, 0.2) is 0 Å². The Morgan fingerprint density at radius 2 is 2.12 bits per heavy atom. The minimum absolute atomic E-state index is 0.272. The maximum atomic E-state index is 13.7. The number of carbonyl (C=O) groups excluding carboxylic acids is 1. The van der Waals surface area contributed by atoms with Crippen molar-refractivity contribution in [3.05, 3.63) is 64.5 Å². The molecule has 124 valence electrons. The van der Waals surface area contributed by atoms with Gasteiger partial charge in [-0.1, -0.05) is 29.8 Å². The van der Waals surface area contributed by atoms with Gasteiger partial charge in [-0.25, -0.2) is 4.39 Å². The lowest BCUT2D eigenvalue weighted by Crippen LogP contribution is -2.16. The lowest BCUT2D eigenvalue weighted by molar-refractivity contribution is 0.101. The van der Waals surface area contributed by atoms with Gasteiger partial charge in [-0.05, 0) is 13.0 Å². The zero-order valence-electron chi connectivity index (χ0n) is 13.1. The van der Waals surface area contributed by atoms with E-state index in [-0.39, 0.29) is 24.0 Å². The molecule has 24 heavy (non-hydrogen) atoms. The zero-order valence-corrected chi connectivity index (χ0v) is 13.9. The molecule has 2 aromatic heterocycles. The summed E-state index contributed by atoms with van der Waals surface area (Å²) in [5.74, 6) is -0.677. The van der Waals surface area contributed by atoms with Crippen molar-refractivity contribution in [3.8, 4) is 0 Å². The second-order valence-electron chi connectivity index (χ2n) is 5.34. The molecule has 0 aliphatic carbocycles. The lowest BCUT2D eigenvalue weighted by Gasteiger charge is -2.04. The van der Waals surface area contributed by atoms with Crippen LogP contribution in [0.3, 0.4) is 0 Å². The van der Waals surface area contributed by atoms with E-state index in [9.17, 15) is 9.18 Å². The molecule has 1 aromatic carbocycles. The molecule has 0 aliphatic heterocycles. The second kappa shape index (κ2) is 6.45. The fourth-order valence-corrected chi connectivity index (χ4v) is 2.63. The lowest BCUT2D eigenvalue weighted by atomic mass is 10.2. The number of amides is 1. The summed E-state index contributed by atoms with van der Waals surface area (Å²) in [4.78, 5) is 12.3. The van der Waals surface area contributed by atoms with Crippen molar-refractivity contribution in [1.29, 1.82) is 0 Å². The first kappa shape index (κ1) is 16.2. The maximum absolute atomic E-state index is 13.7. The third-order valence-corrected chi connectivity index (χ3v) is 4.00. The summed E-state index contributed by atoms with van der Waals surface area (Å²) in [6, 6.07) is 6.48. The van der Waals surface area contributed by atoms with Crippen LogP contribution in [0, 0.1) is 12.7 Å². The van der Waals surface area contributed by atoms with E-state index in [2.05, 4.69) is 15.5 Å². The second-order valence-corrected chi connectivity index (χ2v) is 5.72. The van der Waals surface area contributed by atoms with E-state index in [0.717, 1.165) is 0 Å². The molecular formula is C16H15ClFN5O. The van der Waals surface area contributed by atoms with Crippen molar-refractivity contribution in [1.82, 2.24) is 19.6 Å². The predicted octanol–water partition coefficient (Wildman–Crippen LogP) is 3.02. The van der Waals surface area contributed by atoms with Crippen molar-refractivity contribution in [3.63, 3.8) is 0 Å². The van der Waals surface area contributed by atoms with E-state index in [0.29, 0.717) is 22.0 Å². The predicted molar refractivity (Wildman–Crippen MR) is 88.6 cm³/mol. The Morgan fingerprint density at radius 3 is 2.79 bits per heavy atom. The van der Waals surface area contributed by atoms with Gasteiger partial charge in [-0.2, -0.15) is 10.2 Å². The molecule has 0 saturated heterocycles. The van der Waals surface area contributed by atoms with Crippen LogP contribution in [0.1, 0.15) is 21.7 Å². The van der Waals surface area contributed by atoms with E-state index in [4.69, 9.17) is 11.6 Å². The van der Waals surface area contributed by atoms with Crippen LogP contribution < -0.4 is 5.32 Å². The average molecular weight is 348 g/mol. The van der Waals surface area contributed by atoms with Crippen LogP contribution in [0.2, 0.25) is 5.02 Å². The van der Waals surface area contributed by atoms with Gasteiger partial charge in [0.2, 0.25) is 0 Å². The van der Waals surface area contributed by atoms with E-state index in [1.165, 1.54) is 16.9 Å². The van der Waals surface area contributed by atoms with Gasteiger partial charge in [0.05, 0.1) is 29.1 Å². The SMILES string of the molecule is Cc1nn(C)c(C(=O)Nc2cnn(Cc3ccccc3F)c2)c1Cl. The largest absolute Gasteiger partial charge is 0.318 e. The molecule has 3 rings (SSSR count). The fourth-order valence-electron chi connectivity index (χ4n) is 2.38. The molecule has 0 fully saturated rings. The molecule has 0 unspecified atom stereocenters. The summed E-state index contributed by atoms with van der Waals surface area (Å²) in [5, 5.41) is 11.3. The van der Waals surface area contributed by atoms with Crippen molar-refractivity contribution < 1.29 is 9.18 Å². The summed E-state index contributed by atoms with van der Waals surface area (Å²) < 4.78 is 16.6. The smallest absolute Gasteiger partial charge is 0.275 e. The molecule has 0 aliphatic rings. The number of aromatic nitrogens is 4. The van der Waals surface area contributed by atoms with E-state index < -0.39 is 0 Å². The summed E-state index contributed by atoms with van der Waals surface area (Å²) in [6.45, 7) is 2.00. The Kier molecular flexibility index (Phi) is 4.35. The van der Waals surface area contributed by atoms with Crippen LogP contribution >= 0.6 is 11.6 Å². The number of hydrogen-bond donors (Lipinski definition) is 1. The summed E-state index contributed by atoms with van der Waals surface area (Å²) in [6.07, 6.45) is 3.12. The first-order valence-corrected chi connectivity index (χ1v) is 7.60. The third kappa shape index (κ3) is 3.16. The Hall–Kier alpha value is -2.67. The third-order valence-electron chi connectivity index (χ3n) is 3.55. The van der Waals surface area contributed by atoms with Gasteiger partial charge in [-0.3, -0.25) is 14.2 Å². The van der Waals surface area contributed by atoms with Crippen LogP contribution in [-0.4, -0.2) is 25.5 Å². The normalized spacial score (nSPS) is 10.8. The van der Waals surface area contributed by atoms with Crippen LogP contribution in [0.5, 0.6) is 0 Å². The monoisotopic (exact) mass is 347 g/mol. The topological polar surface area (TPSA) is 64.7 Å². The Balaban J connectivity index is 1.74. The maximum Gasteiger partial charge on any atom is 0.275 e. The highest BCUT2D eigenvalue weighted by Gasteiger charge is 2.19. The van der Waals surface area contributed by atoms with Gasteiger partial charge in [-0.15, -0.1) is 0 Å². The van der Waals surface area contributed by atoms with Crippen LogP contribution in [0.15, 0.2) is 36.7 Å². The molecule has 8 heteroatoms. The highest BCUT2D eigenvalue weighted by Crippen LogP contribution is 2.20. The molecular weight excluding hydrogens is 333 g/mol. The van der Waals surface area contributed by atoms with E-state index in [1.807, 2.05) is 0 Å². The number of hydrogen-bond acceptors (Lipinski definition) is 3. The van der Waals surface area contributed by atoms with Crippen molar-refractivity contribution in [2.75, 3.05) is 5.32 Å². The molecule has 3 aromatic rings. The van der Waals surface area contributed by atoms with E-state index >= 15 is 0 Å². The van der Waals surface area contributed by atoms with Crippen LogP contribution in [0.25, 0.3) is 0 Å². The van der Waals surface area contributed by atoms with E-state index in [1.54, 1.807) is 43.0 Å². The fraction of sp³-hybridized carbons (Fsp3) is 0.188. The number of rotatable bonds is 4. The number of benzene rings is 1. The first-order chi connectivity index (χ1) is 11.5. The first-order valence-electron chi connectivity index (χ1n) is 7.22. The molecule has 2 heterocycles. The molecule has 0 spiro atoms. The van der Waals surface area contributed by atoms with Gasteiger partial charge in [0.25, 0.3) is 5.91 Å². The molecule has 0 atom stereocenters. The number of nitrogens with zero attached hydrogens (tertiary/aromatic N) is 4. The Labute approximate surface area is 142 Å². The van der Waals surface area contributed by atoms with Crippen molar-refractivity contribution >= 4 is 23.2 Å². The molecule has 1 amide bonds. The van der Waals surface area contributed by atoms with Crippen LogP contribution in [0.4, 0.5) is 10.1 Å². The molecule has 0 radical (unpaired) electrons. The average Bonchev–Trinajstić information content (AvgIpc) is 3.06. The van der Waals surface area contributed by atoms with Crippen molar-refractivity contribution in [2.45, 2.75) is 13.5 Å². The van der Waals surface area contributed by atoms with Gasteiger partial charge < -0.3 is 5.32 Å². The highest BCUT2D eigenvalue weighted by atomic mass is 35.5. The van der Waals surface area contributed by atoms with Crippen LogP contribution in [-0.2, 0) is 13.6 Å². The summed E-state index contributed by atoms with van der Waals surface area (Å²) >= 11 is 6.10. The summed E-state index contributed by atoms with van der Waals surface area (Å²) in [7, 11) is 1.65. The zero-order chi connectivity index (χ0) is 17.3. The number of carbonyl (C=O) groups is 1. The minimum Gasteiger partial charge on any atom is -0.318 e. The minimum atomic E-state index is -0.381. The molecule has 6 nitrogen and oxygen atoms in total. The Morgan fingerprint density at radius 1 is 1.38 bits per heavy atom. The van der Waals surface area contributed by atoms with Gasteiger partial charge in [0, 0.05) is 18.8 Å². The quantitative estimate of drug-likeness (QED) is 0.789. The van der Waals surface area contributed by atoms with Gasteiger partial charge in [0.1, 0.15) is 11.5 Å². The molecule has 0 bridgehead atoms. The summed E-state index contributed by atoms with van der Waals surface area (Å²) in [5.41, 5.74) is 1.87. The molecule has 0 saturated carbocycles. The number of nitrogens with one attached hydrogen (secondary N) is 1. The number of halogens is 2.